The highest BCUT2D eigenvalue weighted by Gasteiger charge is 2.27. The summed E-state index contributed by atoms with van der Waals surface area (Å²) in [6.07, 6.45) is 0. The van der Waals surface area contributed by atoms with Gasteiger partial charge in [0.05, 0.1) is 17.7 Å². The Bertz CT molecular complexity index is 1040. The van der Waals surface area contributed by atoms with Crippen molar-refractivity contribution in [2.75, 3.05) is 18.0 Å². The molecule has 0 heterocycles. The van der Waals surface area contributed by atoms with Gasteiger partial charge in [0.25, 0.3) is 10.0 Å². The monoisotopic (exact) mass is 371 g/mol. The molecule has 0 aliphatic rings. The van der Waals surface area contributed by atoms with E-state index in [2.05, 4.69) is 0 Å². The molecule has 0 bridgehead atoms. The number of hydrogen-bond donors (Lipinski definition) is 1. The van der Waals surface area contributed by atoms with Gasteiger partial charge in [-0.05, 0) is 47.2 Å². The van der Waals surface area contributed by atoms with Gasteiger partial charge in [-0.15, -0.1) is 0 Å². The maximum Gasteiger partial charge on any atom is 0.324 e. The predicted molar refractivity (Wildman–Crippen MR) is 99.1 cm³/mol. The highest BCUT2D eigenvalue weighted by molar-refractivity contribution is 7.92. The first-order valence-electron chi connectivity index (χ1n) is 7.79. The average molecular weight is 371 g/mol. The summed E-state index contributed by atoms with van der Waals surface area (Å²) in [4.78, 5) is 11.3. The molecule has 3 aromatic rings. The van der Waals surface area contributed by atoms with Crippen molar-refractivity contribution < 1.29 is 23.1 Å². The van der Waals surface area contributed by atoms with Gasteiger partial charge in [-0.1, -0.05) is 30.3 Å². The first kappa shape index (κ1) is 17.8. The maximum atomic E-state index is 13.1. The van der Waals surface area contributed by atoms with Gasteiger partial charge >= 0.3 is 5.97 Å². The smallest absolute Gasteiger partial charge is 0.324 e. The molecule has 0 amide bonds. The second-order valence-electron chi connectivity index (χ2n) is 5.61. The van der Waals surface area contributed by atoms with Gasteiger partial charge in [0.15, 0.2) is 0 Å². The van der Waals surface area contributed by atoms with E-state index in [4.69, 9.17) is 4.74 Å². The topological polar surface area (TPSA) is 83.9 Å². The lowest BCUT2D eigenvalue weighted by Crippen LogP contribution is -2.35. The van der Waals surface area contributed by atoms with Crippen LogP contribution >= 0.6 is 0 Å². The van der Waals surface area contributed by atoms with Crippen molar-refractivity contribution >= 4 is 32.5 Å². The van der Waals surface area contributed by atoms with Crippen LogP contribution in [0.1, 0.15) is 0 Å². The molecule has 0 aliphatic heterocycles. The van der Waals surface area contributed by atoms with E-state index < -0.39 is 22.5 Å². The second-order valence-corrected chi connectivity index (χ2v) is 7.47. The minimum absolute atomic E-state index is 0.0354. The molecular formula is C19H17NO5S. The predicted octanol–water partition coefficient (Wildman–Crippen LogP) is 3.13. The summed E-state index contributed by atoms with van der Waals surface area (Å²) in [7, 11) is -2.55. The van der Waals surface area contributed by atoms with E-state index in [-0.39, 0.29) is 10.6 Å². The van der Waals surface area contributed by atoms with Crippen LogP contribution in [0.2, 0.25) is 0 Å². The van der Waals surface area contributed by atoms with Crippen molar-refractivity contribution in [3.8, 4) is 5.75 Å². The minimum Gasteiger partial charge on any atom is -0.497 e. The lowest BCUT2D eigenvalue weighted by Gasteiger charge is -2.23. The molecule has 0 atom stereocenters. The zero-order chi connectivity index (χ0) is 18.7. The highest BCUT2D eigenvalue weighted by atomic mass is 32.2. The number of benzene rings is 3. The number of rotatable bonds is 6. The van der Waals surface area contributed by atoms with Crippen LogP contribution in [0, 0.1) is 0 Å². The molecule has 1 N–H and O–H groups in total. The van der Waals surface area contributed by atoms with Gasteiger partial charge in [-0.2, -0.15) is 0 Å². The van der Waals surface area contributed by atoms with Crippen molar-refractivity contribution in [1.82, 2.24) is 0 Å². The van der Waals surface area contributed by atoms with Crippen molar-refractivity contribution in [3.63, 3.8) is 0 Å². The summed E-state index contributed by atoms with van der Waals surface area (Å²) in [6, 6.07) is 18.3. The molecule has 3 aromatic carbocycles. The van der Waals surface area contributed by atoms with Crippen LogP contribution < -0.4 is 9.04 Å². The molecule has 3 rings (SSSR count). The number of nitrogens with zero attached hydrogens (tertiary/aromatic N) is 1. The van der Waals surface area contributed by atoms with Gasteiger partial charge in [0.1, 0.15) is 12.3 Å². The molecule has 0 fully saturated rings. The third-order valence-corrected chi connectivity index (χ3v) is 5.72. The van der Waals surface area contributed by atoms with Gasteiger partial charge < -0.3 is 9.84 Å². The lowest BCUT2D eigenvalue weighted by atomic mass is 10.1. The first-order chi connectivity index (χ1) is 12.4. The van der Waals surface area contributed by atoms with Crippen LogP contribution in [0.3, 0.4) is 0 Å². The first-order valence-corrected chi connectivity index (χ1v) is 9.23. The summed E-state index contributed by atoms with van der Waals surface area (Å²) in [6.45, 7) is -0.679. The van der Waals surface area contributed by atoms with Gasteiger partial charge in [0.2, 0.25) is 0 Å². The lowest BCUT2D eigenvalue weighted by molar-refractivity contribution is -0.135. The number of fused-ring (bicyclic) bond motifs is 1. The fraction of sp³-hybridized carbons (Fsp3) is 0.105. The Morgan fingerprint density at radius 2 is 1.65 bits per heavy atom. The van der Waals surface area contributed by atoms with Crippen molar-refractivity contribution in [1.29, 1.82) is 0 Å². The third-order valence-electron chi connectivity index (χ3n) is 3.95. The molecular weight excluding hydrogens is 354 g/mol. The van der Waals surface area contributed by atoms with Crippen molar-refractivity contribution in [2.45, 2.75) is 4.90 Å². The molecule has 0 aliphatic carbocycles. The summed E-state index contributed by atoms with van der Waals surface area (Å²) >= 11 is 0. The fourth-order valence-electron chi connectivity index (χ4n) is 2.64. The second kappa shape index (κ2) is 7.05. The van der Waals surface area contributed by atoms with E-state index in [9.17, 15) is 18.3 Å². The normalized spacial score (nSPS) is 11.3. The number of carbonyl (C=O) groups is 1. The fourth-order valence-corrected chi connectivity index (χ4v) is 4.09. The van der Waals surface area contributed by atoms with Gasteiger partial charge in [-0.3, -0.25) is 9.10 Å². The van der Waals surface area contributed by atoms with Crippen LogP contribution in [-0.4, -0.2) is 33.1 Å². The molecule has 0 radical (unpaired) electrons. The van der Waals surface area contributed by atoms with Crippen LogP contribution in [0.15, 0.2) is 71.6 Å². The molecule has 0 unspecified atom stereocenters. The number of carboxylic acid groups (broad SMARTS) is 1. The maximum absolute atomic E-state index is 13.1. The Morgan fingerprint density at radius 3 is 2.27 bits per heavy atom. The summed E-state index contributed by atoms with van der Waals surface area (Å²) in [5.74, 6) is -0.697. The number of anilines is 1. The molecule has 0 spiro atoms. The summed E-state index contributed by atoms with van der Waals surface area (Å²) in [5, 5.41) is 10.9. The van der Waals surface area contributed by atoms with Crippen LogP contribution in [0.25, 0.3) is 10.8 Å². The van der Waals surface area contributed by atoms with E-state index in [1.165, 1.54) is 25.3 Å². The standard InChI is InChI=1S/C19H17NO5S/c1-25-17-9-7-16(8-10-17)20(13-19(21)22)26(23,24)18-11-6-14-4-2-3-5-15(14)12-18/h2-12H,13H2,1H3,(H,21,22). The summed E-state index contributed by atoms with van der Waals surface area (Å²) in [5.41, 5.74) is 0.251. The SMILES string of the molecule is COc1ccc(N(CC(=O)O)S(=O)(=O)c2ccc3ccccc3c2)cc1. The number of methoxy groups -OCH3 is 1. The molecule has 134 valence electrons. The average Bonchev–Trinajstić information content (AvgIpc) is 2.65. The van der Waals surface area contributed by atoms with Crippen LogP contribution in [-0.2, 0) is 14.8 Å². The van der Waals surface area contributed by atoms with E-state index in [0.29, 0.717) is 5.75 Å². The largest absolute Gasteiger partial charge is 0.497 e. The minimum atomic E-state index is -4.05. The highest BCUT2D eigenvalue weighted by Crippen LogP contribution is 2.27. The Kier molecular flexibility index (Phi) is 4.81. The zero-order valence-corrected chi connectivity index (χ0v) is 14.8. The number of carboxylic acids is 1. The number of ether oxygens (including phenoxy) is 1. The number of sulfonamides is 1. The number of hydrogen-bond acceptors (Lipinski definition) is 4. The van der Waals surface area contributed by atoms with Crippen LogP contribution in [0.4, 0.5) is 5.69 Å². The van der Waals surface area contributed by atoms with Crippen molar-refractivity contribution in [3.05, 3.63) is 66.7 Å². The Hall–Kier alpha value is -3.06. The van der Waals surface area contributed by atoms with E-state index in [1.54, 1.807) is 24.3 Å². The molecule has 7 heteroatoms. The quantitative estimate of drug-likeness (QED) is 0.720. The summed E-state index contributed by atoms with van der Waals surface area (Å²) < 4.78 is 32.1. The Labute approximate surface area is 151 Å². The molecule has 0 saturated heterocycles. The molecule has 26 heavy (non-hydrogen) atoms. The molecule has 0 saturated carbocycles. The molecule has 6 nitrogen and oxygen atoms in total. The van der Waals surface area contributed by atoms with Gasteiger partial charge in [0, 0.05) is 0 Å². The van der Waals surface area contributed by atoms with E-state index in [0.717, 1.165) is 15.1 Å². The Morgan fingerprint density at radius 1 is 1.00 bits per heavy atom. The molecule has 0 aromatic heterocycles. The Balaban J connectivity index is 2.08. The zero-order valence-electron chi connectivity index (χ0n) is 14.0. The number of aliphatic carboxylic acids is 1. The van der Waals surface area contributed by atoms with Crippen molar-refractivity contribution in [2.24, 2.45) is 0 Å². The van der Waals surface area contributed by atoms with Crippen LogP contribution in [0.5, 0.6) is 5.75 Å². The third kappa shape index (κ3) is 3.48. The van der Waals surface area contributed by atoms with E-state index >= 15 is 0 Å². The van der Waals surface area contributed by atoms with Gasteiger partial charge in [-0.25, -0.2) is 8.42 Å². The van der Waals surface area contributed by atoms with E-state index in [1.807, 2.05) is 24.3 Å².